The summed E-state index contributed by atoms with van der Waals surface area (Å²) in [5.74, 6) is 2.17. The Balaban J connectivity index is 2.18. The van der Waals surface area contributed by atoms with Crippen LogP contribution in [0.5, 0.6) is 5.75 Å². The Hall–Kier alpha value is -0.710. The van der Waals surface area contributed by atoms with E-state index in [1.165, 1.54) is 7.11 Å². The molecule has 0 amide bonds. The van der Waals surface area contributed by atoms with Gasteiger partial charge >= 0.3 is 0 Å². The molecular weight excluding hydrogens is 260 g/mol. The Labute approximate surface area is 109 Å². The SMILES string of the molecule is COc1cc(C(=O)C2CSCCO2)ccc1Cl. The number of halogens is 1. The van der Waals surface area contributed by atoms with Crippen molar-refractivity contribution in [2.24, 2.45) is 0 Å². The molecule has 1 unspecified atom stereocenters. The number of benzene rings is 1. The van der Waals surface area contributed by atoms with E-state index in [2.05, 4.69) is 0 Å². The van der Waals surface area contributed by atoms with Crippen molar-refractivity contribution < 1.29 is 14.3 Å². The van der Waals surface area contributed by atoms with Crippen molar-refractivity contribution in [1.29, 1.82) is 0 Å². The molecule has 0 bridgehead atoms. The third-order valence-electron chi connectivity index (χ3n) is 2.54. The van der Waals surface area contributed by atoms with Crippen LogP contribution in [-0.2, 0) is 4.74 Å². The van der Waals surface area contributed by atoms with Crippen LogP contribution >= 0.6 is 23.4 Å². The van der Waals surface area contributed by atoms with Gasteiger partial charge in [0.05, 0.1) is 18.7 Å². The number of rotatable bonds is 3. The molecule has 0 spiro atoms. The summed E-state index contributed by atoms with van der Waals surface area (Å²) in [6.07, 6.45) is -0.348. The molecule has 1 aromatic carbocycles. The fraction of sp³-hybridized carbons (Fsp3) is 0.417. The van der Waals surface area contributed by atoms with E-state index in [9.17, 15) is 4.79 Å². The Bertz CT molecular complexity index is 416. The molecule has 92 valence electrons. The number of ether oxygens (including phenoxy) is 2. The largest absolute Gasteiger partial charge is 0.495 e. The average molecular weight is 273 g/mol. The van der Waals surface area contributed by atoms with E-state index in [0.717, 1.165) is 5.75 Å². The maximum absolute atomic E-state index is 12.1. The van der Waals surface area contributed by atoms with E-state index in [1.807, 2.05) is 0 Å². The predicted molar refractivity (Wildman–Crippen MR) is 69.4 cm³/mol. The second-order valence-corrected chi connectivity index (χ2v) is 5.20. The first kappa shape index (κ1) is 12.7. The van der Waals surface area contributed by atoms with Crippen LogP contribution in [0.3, 0.4) is 0 Å². The minimum atomic E-state index is -0.348. The molecule has 1 aliphatic heterocycles. The van der Waals surface area contributed by atoms with E-state index in [0.29, 0.717) is 28.7 Å². The molecule has 1 atom stereocenters. The highest BCUT2D eigenvalue weighted by molar-refractivity contribution is 7.99. The van der Waals surface area contributed by atoms with Gasteiger partial charge in [-0.2, -0.15) is 11.8 Å². The van der Waals surface area contributed by atoms with Crippen LogP contribution < -0.4 is 4.74 Å². The van der Waals surface area contributed by atoms with E-state index < -0.39 is 0 Å². The Morgan fingerprint density at radius 3 is 3.06 bits per heavy atom. The summed E-state index contributed by atoms with van der Waals surface area (Å²) in [6, 6.07) is 5.03. The molecule has 1 aliphatic rings. The van der Waals surface area contributed by atoms with Crippen molar-refractivity contribution in [3.63, 3.8) is 0 Å². The Morgan fingerprint density at radius 1 is 1.59 bits per heavy atom. The van der Waals surface area contributed by atoms with E-state index >= 15 is 0 Å². The summed E-state index contributed by atoms with van der Waals surface area (Å²) in [5.41, 5.74) is 0.582. The summed E-state index contributed by atoms with van der Waals surface area (Å²) in [5, 5.41) is 0.503. The number of hydrogen-bond acceptors (Lipinski definition) is 4. The lowest BCUT2D eigenvalue weighted by Gasteiger charge is -2.21. The molecular formula is C12H13ClO3S. The van der Waals surface area contributed by atoms with Gasteiger partial charge < -0.3 is 9.47 Å². The maximum atomic E-state index is 12.1. The van der Waals surface area contributed by atoms with Crippen molar-refractivity contribution in [3.05, 3.63) is 28.8 Å². The van der Waals surface area contributed by atoms with Gasteiger partial charge in [0.1, 0.15) is 11.9 Å². The number of ketones is 1. The van der Waals surface area contributed by atoms with E-state index in [4.69, 9.17) is 21.1 Å². The van der Waals surface area contributed by atoms with Crippen molar-refractivity contribution in [2.45, 2.75) is 6.10 Å². The van der Waals surface area contributed by atoms with Gasteiger partial charge in [-0.25, -0.2) is 0 Å². The third kappa shape index (κ3) is 2.94. The third-order valence-corrected chi connectivity index (χ3v) is 3.85. The van der Waals surface area contributed by atoms with Gasteiger partial charge in [-0.05, 0) is 18.2 Å². The smallest absolute Gasteiger partial charge is 0.192 e. The van der Waals surface area contributed by atoms with E-state index in [1.54, 1.807) is 30.0 Å². The molecule has 0 radical (unpaired) electrons. The van der Waals surface area contributed by atoms with Gasteiger partial charge in [0.15, 0.2) is 5.78 Å². The minimum Gasteiger partial charge on any atom is -0.495 e. The molecule has 1 heterocycles. The van der Waals surface area contributed by atoms with E-state index in [-0.39, 0.29) is 11.9 Å². The topological polar surface area (TPSA) is 35.5 Å². The van der Waals surface area contributed by atoms with Crippen molar-refractivity contribution in [1.82, 2.24) is 0 Å². The molecule has 0 saturated carbocycles. The van der Waals surface area contributed by atoms with Crippen LogP contribution in [0.2, 0.25) is 5.02 Å². The first-order valence-electron chi connectivity index (χ1n) is 5.29. The first-order chi connectivity index (χ1) is 8.22. The second kappa shape index (κ2) is 5.76. The zero-order valence-corrected chi connectivity index (χ0v) is 11.0. The standard InChI is InChI=1S/C12H13ClO3S/c1-15-10-6-8(2-3-9(10)13)12(14)11-7-17-5-4-16-11/h2-3,6,11H,4-5,7H2,1H3. The van der Waals surface area contributed by atoms with Crippen LogP contribution in [-0.4, -0.2) is 37.1 Å². The van der Waals surface area contributed by atoms with Crippen molar-refractivity contribution >= 4 is 29.1 Å². The highest BCUT2D eigenvalue weighted by Gasteiger charge is 2.24. The summed E-state index contributed by atoms with van der Waals surface area (Å²) < 4.78 is 10.5. The molecule has 3 nitrogen and oxygen atoms in total. The van der Waals surface area contributed by atoms with Gasteiger partial charge in [0.2, 0.25) is 0 Å². The van der Waals surface area contributed by atoms with Gasteiger partial charge in [0.25, 0.3) is 0 Å². The van der Waals surface area contributed by atoms with Gasteiger partial charge in [-0.3, -0.25) is 4.79 Å². The fourth-order valence-electron chi connectivity index (χ4n) is 1.64. The summed E-state index contributed by atoms with van der Waals surface area (Å²) >= 11 is 7.65. The highest BCUT2D eigenvalue weighted by atomic mass is 35.5. The fourth-order valence-corrected chi connectivity index (χ4v) is 2.68. The van der Waals surface area contributed by atoms with Crippen LogP contribution in [0.25, 0.3) is 0 Å². The number of carbonyl (C=O) groups excluding carboxylic acids is 1. The summed E-state index contributed by atoms with van der Waals surface area (Å²) in [4.78, 5) is 12.1. The lowest BCUT2D eigenvalue weighted by atomic mass is 10.1. The number of methoxy groups -OCH3 is 1. The number of Topliss-reactive ketones (excluding diaryl/α,β-unsaturated/α-hetero) is 1. The second-order valence-electron chi connectivity index (χ2n) is 3.65. The lowest BCUT2D eigenvalue weighted by Crippen LogP contribution is -2.31. The van der Waals surface area contributed by atoms with Crippen LogP contribution in [0.1, 0.15) is 10.4 Å². The molecule has 5 heteroatoms. The molecule has 0 N–H and O–H groups in total. The minimum absolute atomic E-state index is 0.00725. The monoisotopic (exact) mass is 272 g/mol. The van der Waals surface area contributed by atoms with Crippen LogP contribution in [0, 0.1) is 0 Å². The molecule has 17 heavy (non-hydrogen) atoms. The van der Waals surface area contributed by atoms with Crippen LogP contribution in [0.15, 0.2) is 18.2 Å². The van der Waals surface area contributed by atoms with Crippen molar-refractivity contribution in [3.8, 4) is 5.75 Å². The molecule has 1 aromatic rings. The molecule has 0 aliphatic carbocycles. The number of thioether (sulfide) groups is 1. The van der Waals surface area contributed by atoms with Crippen molar-refractivity contribution in [2.75, 3.05) is 25.2 Å². The Kier molecular flexibility index (Phi) is 4.31. The molecule has 1 saturated heterocycles. The first-order valence-corrected chi connectivity index (χ1v) is 6.82. The molecule has 0 aromatic heterocycles. The average Bonchev–Trinajstić information content (AvgIpc) is 2.39. The summed E-state index contributed by atoms with van der Waals surface area (Å²) in [7, 11) is 1.53. The quantitative estimate of drug-likeness (QED) is 0.793. The Morgan fingerprint density at radius 2 is 2.41 bits per heavy atom. The van der Waals surface area contributed by atoms with Crippen LogP contribution in [0.4, 0.5) is 0 Å². The molecule has 2 rings (SSSR count). The maximum Gasteiger partial charge on any atom is 0.192 e. The predicted octanol–water partition coefficient (Wildman–Crippen LogP) is 2.66. The zero-order valence-electron chi connectivity index (χ0n) is 9.44. The number of carbonyl (C=O) groups is 1. The highest BCUT2D eigenvalue weighted by Crippen LogP contribution is 2.26. The van der Waals surface area contributed by atoms with Gasteiger partial charge in [-0.1, -0.05) is 11.6 Å². The number of hydrogen-bond donors (Lipinski definition) is 0. The van der Waals surface area contributed by atoms with Gasteiger partial charge in [-0.15, -0.1) is 0 Å². The molecule has 1 fully saturated rings. The lowest BCUT2D eigenvalue weighted by molar-refractivity contribution is 0.0518. The van der Waals surface area contributed by atoms with Gasteiger partial charge in [0, 0.05) is 17.1 Å². The summed E-state index contributed by atoms with van der Waals surface area (Å²) in [6.45, 7) is 0.631. The normalized spacial score (nSPS) is 20.0. The zero-order chi connectivity index (χ0) is 12.3.